The minimum atomic E-state index is -0.894. The Morgan fingerprint density at radius 1 is 0.424 bits per heavy atom. The number of rotatable bonds is 10. The Morgan fingerprint density at radius 3 is 1.15 bits per heavy atom. The monoisotopic (exact) mass is 434 g/mol. The minimum Gasteiger partial charge on any atom is -0.313 e. The van der Waals surface area contributed by atoms with Crippen LogP contribution in [0.5, 0.6) is 0 Å². The number of hydrogen-bond acceptors (Lipinski definition) is 2. The van der Waals surface area contributed by atoms with Crippen LogP contribution < -0.4 is 11.5 Å². The zero-order valence-electron chi connectivity index (χ0n) is 19.2. The molecule has 168 valence electrons. The van der Waals surface area contributed by atoms with E-state index in [9.17, 15) is 0 Å². The first kappa shape index (κ1) is 23.0. The molecule has 4 aromatic carbocycles. The zero-order valence-corrected chi connectivity index (χ0v) is 19.2. The third-order valence-corrected chi connectivity index (χ3v) is 6.83. The molecule has 33 heavy (non-hydrogen) atoms. The van der Waals surface area contributed by atoms with Crippen molar-refractivity contribution < 1.29 is 0 Å². The summed E-state index contributed by atoms with van der Waals surface area (Å²) in [5, 5.41) is 0. The second kappa shape index (κ2) is 10.6. The first-order valence-electron chi connectivity index (χ1n) is 11.8. The molecule has 0 aliphatic heterocycles. The van der Waals surface area contributed by atoms with E-state index in [2.05, 4.69) is 115 Å². The molecular formula is C31H34N2. The Bertz CT molecular complexity index is 1050. The predicted molar refractivity (Wildman–Crippen MR) is 139 cm³/mol. The molecular weight excluding hydrogens is 400 g/mol. The van der Waals surface area contributed by atoms with E-state index in [-0.39, 0.29) is 5.41 Å². The molecule has 4 rings (SSSR count). The van der Waals surface area contributed by atoms with Crippen molar-refractivity contribution in [3.63, 3.8) is 0 Å². The van der Waals surface area contributed by atoms with Crippen LogP contribution in [-0.4, -0.2) is 5.66 Å². The standard InChI is InChI=1S/C31H34N2/c32-31(33,25-29-19-11-4-12-20-29)30(23-27-15-7-2-8-16-27,24-28-17-9-3-10-18-28)22-21-26-13-5-1-6-14-26/h1-20H,21-25,32-33H2. The van der Waals surface area contributed by atoms with Crippen LogP contribution in [0.15, 0.2) is 121 Å². The van der Waals surface area contributed by atoms with Crippen molar-refractivity contribution in [3.05, 3.63) is 144 Å². The summed E-state index contributed by atoms with van der Waals surface area (Å²) in [5.41, 5.74) is 18.1. The Labute approximate surface area is 198 Å². The van der Waals surface area contributed by atoms with Gasteiger partial charge in [0.25, 0.3) is 0 Å². The van der Waals surface area contributed by atoms with Crippen LogP contribution in [0.3, 0.4) is 0 Å². The molecule has 0 aromatic heterocycles. The summed E-state index contributed by atoms with van der Waals surface area (Å²) in [6, 6.07) is 42.4. The molecule has 0 amide bonds. The van der Waals surface area contributed by atoms with Gasteiger partial charge in [-0.15, -0.1) is 0 Å². The highest BCUT2D eigenvalue weighted by Gasteiger charge is 2.46. The van der Waals surface area contributed by atoms with Crippen LogP contribution in [0.1, 0.15) is 28.7 Å². The summed E-state index contributed by atoms with van der Waals surface area (Å²) < 4.78 is 0. The van der Waals surface area contributed by atoms with Gasteiger partial charge in [0.15, 0.2) is 0 Å². The van der Waals surface area contributed by atoms with Crippen LogP contribution >= 0.6 is 0 Å². The molecule has 0 atom stereocenters. The molecule has 0 aliphatic carbocycles. The third-order valence-electron chi connectivity index (χ3n) is 6.83. The van der Waals surface area contributed by atoms with E-state index in [0.29, 0.717) is 6.42 Å². The number of aryl methyl sites for hydroxylation is 1. The van der Waals surface area contributed by atoms with Gasteiger partial charge in [0.1, 0.15) is 0 Å². The SMILES string of the molecule is NC(N)(Cc1ccccc1)C(CCc1ccccc1)(Cc1ccccc1)Cc1ccccc1. The molecule has 0 saturated carbocycles. The maximum Gasteiger partial charge on any atom is 0.0742 e. The molecule has 0 bridgehead atoms. The van der Waals surface area contributed by atoms with Gasteiger partial charge in [-0.25, -0.2) is 0 Å². The van der Waals surface area contributed by atoms with Crippen LogP contribution in [0.25, 0.3) is 0 Å². The van der Waals surface area contributed by atoms with Gasteiger partial charge in [-0.1, -0.05) is 121 Å². The van der Waals surface area contributed by atoms with Gasteiger partial charge in [-0.05, 0) is 47.9 Å². The number of nitrogens with two attached hydrogens (primary N) is 2. The van der Waals surface area contributed by atoms with E-state index in [4.69, 9.17) is 11.5 Å². The quantitative estimate of drug-likeness (QED) is 0.303. The minimum absolute atomic E-state index is 0.332. The van der Waals surface area contributed by atoms with Crippen LogP contribution in [0.2, 0.25) is 0 Å². The first-order valence-corrected chi connectivity index (χ1v) is 11.8. The fourth-order valence-corrected chi connectivity index (χ4v) is 4.92. The van der Waals surface area contributed by atoms with Crippen molar-refractivity contribution in [2.75, 3.05) is 0 Å². The van der Waals surface area contributed by atoms with E-state index < -0.39 is 5.66 Å². The van der Waals surface area contributed by atoms with Crippen molar-refractivity contribution >= 4 is 0 Å². The Morgan fingerprint density at radius 2 is 0.758 bits per heavy atom. The maximum atomic E-state index is 7.17. The summed E-state index contributed by atoms with van der Waals surface area (Å²) >= 11 is 0. The average molecular weight is 435 g/mol. The van der Waals surface area contributed by atoms with Gasteiger partial charge in [0, 0.05) is 11.8 Å². The lowest BCUT2D eigenvalue weighted by molar-refractivity contribution is 0.106. The van der Waals surface area contributed by atoms with Crippen molar-refractivity contribution in [2.45, 2.75) is 37.8 Å². The topological polar surface area (TPSA) is 52.0 Å². The lowest BCUT2D eigenvalue weighted by Crippen LogP contribution is -2.65. The fourth-order valence-electron chi connectivity index (χ4n) is 4.92. The van der Waals surface area contributed by atoms with Gasteiger partial charge in [-0.3, -0.25) is 0 Å². The molecule has 0 unspecified atom stereocenters. The van der Waals surface area contributed by atoms with Crippen LogP contribution in [-0.2, 0) is 25.7 Å². The van der Waals surface area contributed by atoms with Gasteiger partial charge in [-0.2, -0.15) is 0 Å². The molecule has 0 aliphatic rings. The molecule has 0 fully saturated rings. The molecule has 2 heteroatoms. The van der Waals surface area contributed by atoms with Crippen LogP contribution in [0.4, 0.5) is 0 Å². The lowest BCUT2D eigenvalue weighted by Gasteiger charge is -2.47. The molecule has 0 saturated heterocycles. The summed E-state index contributed by atoms with van der Waals surface area (Å²) in [6.07, 6.45) is 4.12. The van der Waals surface area contributed by atoms with E-state index >= 15 is 0 Å². The van der Waals surface area contributed by atoms with Crippen molar-refractivity contribution in [3.8, 4) is 0 Å². The summed E-state index contributed by atoms with van der Waals surface area (Å²) in [7, 11) is 0. The fraction of sp³-hybridized carbons (Fsp3) is 0.226. The number of benzene rings is 4. The van der Waals surface area contributed by atoms with Gasteiger partial charge >= 0.3 is 0 Å². The van der Waals surface area contributed by atoms with Crippen LogP contribution in [0, 0.1) is 5.41 Å². The van der Waals surface area contributed by atoms with Gasteiger partial charge in [0.05, 0.1) is 5.66 Å². The number of hydrogen-bond donors (Lipinski definition) is 2. The lowest BCUT2D eigenvalue weighted by atomic mass is 9.63. The van der Waals surface area contributed by atoms with E-state index in [1.807, 2.05) is 6.07 Å². The molecule has 2 nitrogen and oxygen atoms in total. The smallest absolute Gasteiger partial charge is 0.0742 e. The highest BCUT2D eigenvalue weighted by Crippen LogP contribution is 2.41. The van der Waals surface area contributed by atoms with E-state index in [1.165, 1.54) is 22.3 Å². The predicted octanol–water partition coefficient (Wildman–Crippen LogP) is 5.95. The molecule has 4 aromatic rings. The summed E-state index contributed by atoms with van der Waals surface area (Å²) in [6.45, 7) is 0. The normalized spacial score (nSPS) is 11.9. The van der Waals surface area contributed by atoms with Gasteiger partial charge < -0.3 is 11.5 Å². The Balaban J connectivity index is 1.76. The van der Waals surface area contributed by atoms with Crippen molar-refractivity contribution in [2.24, 2.45) is 16.9 Å². The molecule has 0 heterocycles. The molecule has 0 radical (unpaired) electrons. The maximum absolute atomic E-state index is 7.17. The van der Waals surface area contributed by atoms with Gasteiger partial charge in [0.2, 0.25) is 0 Å². The van der Waals surface area contributed by atoms with E-state index in [1.54, 1.807) is 0 Å². The molecule has 4 N–H and O–H groups in total. The largest absolute Gasteiger partial charge is 0.313 e. The van der Waals surface area contributed by atoms with Crippen molar-refractivity contribution in [1.82, 2.24) is 0 Å². The third kappa shape index (κ3) is 5.98. The second-order valence-electron chi connectivity index (χ2n) is 9.29. The zero-order chi connectivity index (χ0) is 23.0. The second-order valence-corrected chi connectivity index (χ2v) is 9.29. The highest BCUT2D eigenvalue weighted by atomic mass is 15.0. The summed E-state index contributed by atoms with van der Waals surface area (Å²) in [4.78, 5) is 0. The highest BCUT2D eigenvalue weighted by molar-refractivity contribution is 5.27. The first-order chi connectivity index (χ1) is 16.1. The molecule has 0 spiro atoms. The van der Waals surface area contributed by atoms with Crippen molar-refractivity contribution in [1.29, 1.82) is 0 Å². The average Bonchev–Trinajstić information content (AvgIpc) is 2.85. The van der Waals surface area contributed by atoms with E-state index in [0.717, 1.165) is 25.7 Å². The Hall–Kier alpha value is -3.20. The Kier molecular flexibility index (Phi) is 7.39. The summed E-state index contributed by atoms with van der Waals surface area (Å²) in [5.74, 6) is 0.